The van der Waals surface area contributed by atoms with Gasteiger partial charge in [0, 0.05) is 23.7 Å². The Morgan fingerprint density at radius 2 is 2.06 bits per heavy atom. The predicted molar refractivity (Wildman–Crippen MR) is 63.5 cm³/mol. The molecule has 0 saturated carbocycles. The zero-order chi connectivity index (χ0) is 11.8. The maximum absolute atomic E-state index is 11.6. The summed E-state index contributed by atoms with van der Waals surface area (Å²) in [6.07, 6.45) is 6.21. The Hall–Kier alpha value is -1.84. The van der Waals surface area contributed by atoms with Gasteiger partial charge in [0.25, 0.3) is 5.91 Å². The van der Waals surface area contributed by atoms with Crippen molar-refractivity contribution in [1.29, 1.82) is 0 Å². The molecule has 86 valence electrons. The lowest BCUT2D eigenvalue weighted by Gasteiger charge is -2.10. The first-order chi connectivity index (χ1) is 7.74. The zero-order valence-electron chi connectivity index (χ0n) is 9.49. The Kier molecular flexibility index (Phi) is 5.05. The Labute approximate surface area is 95.7 Å². The fraction of sp³-hybridized carbons (Fsp3) is 0.333. The van der Waals surface area contributed by atoms with Crippen molar-refractivity contribution in [3.05, 3.63) is 42.4 Å². The maximum Gasteiger partial charge on any atom is 0.269 e. The van der Waals surface area contributed by atoms with Crippen LogP contribution in [0, 0.1) is 0 Å². The van der Waals surface area contributed by atoms with Gasteiger partial charge in [-0.05, 0) is 25.0 Å². The number of rotatable bonds is 6. The highest BCUT2D eigenvalue weighted by Crippen LogP contribution is 2.00. The van der Waals surface area contributed by atoms with Crippen LogP contribution in [0.5, 0.6) is 0 Å². The van der Waals surface area contributed by atoms with E-state index in [1.54, 1.807) is 24.5 Å². The minimum atomic E-state index is -0.181. The molecule has 1 aromatic rings. The molecule has 1 heterocycles. The van der Waals surface area contributed by atoms with E-state index < -0.39 is 0 Å². The van der Waals surface area contributed by atoms with E-state index in [-0.39, 0.29) is 5.91 Å². The Bertz CT molecular complexity index is 349. The highest BCUT2D eigenvalue weighted by molar-refractivity contribution is 5.93. The van der Waals surface area contributed by atoms with E-state index in [4.69, 9.17) is 0 Å². The Morgan fingerprint density at radius 3 is 2.69 bits per heavy atom. The van der Waals surface area contributed by atoms with Gasteiger partial charge in [0.05, 0.1) is 0 Å². The molecule has 4 heteroatoms. The standard InChI is InChI=1S/C12H17N3O/c1-3-4-5-10(2)14-15-12(16)11-6-8-13-9-7-11/h6-9,14H,2-5H2,1H3,(H,15,16). The van der Waals surface area contributed by atoms with Crippen LogP contribution in [-0.2, 0) is 0 Å². The van der Waals surface area contributed by atoms with Crippen molar-refractivity contribution < 1.29 is 4.79 Å². The number of unbranched alkanes of at least 4 members (excludes halogenated alkanes) is 1. The van der Waals surface area contributed by atoms with Crippen molar-refractivity contribution in [3.63, 3.8) is 0 Å². The fourth-order valence-electron chi connectivity index (χ4n) is 1.17. The molecule has 0 aliphatic heterocycles. The molecule has 1 aromatic heterocycles. The SMILES string of the molecule is C=C(CCCC)NNC(=O)c1ccncc1. The Morgan fingerprint density at radius 1 is 1.38 bits per heavy atom. The summed E-state index contributed by atoms with van der Waals surface area (Å²) in [5.41, 5.74) is 6.79. The quantitative estimate of drug-likeness (QED) is 0.720. The summed E-state index contributed by atoms with van der Waals surface area (Å²) in [6, 6.07) is 3.32. The van der Waals surface area contributed by atoms with E-state index in [9.17, 15) is 4.79 Å². The molecular formula is C12H17N3O. The second-order valence-electron chi connectivity index (χ2n) is 3.52. The summed E-state index contributed by atoms with van der Waals surface area (Å²) in [5, 5.41) is 0. The van der Waals surface area contributed by atoms with Gasteiger partial charge in [-0.2, -0.15) is 0 Å². The number of hydrazine groups is 1. The van der Waals surface area contributed by atoms with Gasteiger partial charge in [0.1, 0.15) is 0 Å². The van der Waals surface area contributed by atoms with Crippen molar-refractivity contribution in [1.82, 2.24) is 15.8 Å². The van der Waals surface area contributed by atoms with Crippen LogP contribution < -0.4 is 10.9 Å². The molecule has 0 bridgehead atoms. The van der Waals surface area contributed by atoms with Gasteiger partial charge < -0.3 is 5.43 Å². The van der Waals surface area contributed by atoms with Gasteiger partial charge in [-0.25, -0.2) is 0 Å². The number of carbonyl (C=O) groups is 1. The van der Waals surface area contributed by atoms with Gasteiger partial charge in [0.2, 0.25) is 0 Å². The number of pyridine rings is 1. The molecule has 0 spiro atoms. The molecule has 2 N–H and O–H groups in total. The fourth-order valence-corrected chi connectivity index (χ4v) is 1.17. The van der Waals surface area contributed by atoms with Gasteiger partial charge in [-0.15, -0.1) is 0 Å². The van der Waals surface area contributed by atoms with Crippen molar-refractivity contribution >= 4 is 5.91 Å². The molecule has 0 aliphatic rings. The lowest BCUT2D eigenvalue weighted by Crippen LogP contribution is -2.36. The normalized spacial score (nSPS) is 9.56. The molecule has 0 atom stereocenters. The summed E-state index contributed by atoms with van der Waals surface area (Å²) in [4.78, 5) is 15.4. The Balaban J connectivity index is 2.33. The van der Waals surface area contributed by atoms with Crippen LogP contribution in [0.15, 0.2) is 36.8 Å². The van der Waals surface area contributed by atoms with Gasteiger partial charge in [-0.1, -0.05) is 19.9 Å². The van der Waals surface area contributed by atoms with Gasteiger partial charge >= 0.3 is 0 Å². The van der Waals surface area contributed by atoms with E-state index in [0.717, 1.165) is 25.0 Å². The van der Waals surface area contributed by atoms with Gasteiger partial charge in [-0.3, -0.25) is 15.2 Å². The number of aromatic nitrogens is 1. The molecule has 0 aliphatic carbocycles. The number of allylic oxidation sites excluding steroid dienone is 1. The molecule has 0 unspecified atom stereocenters. The van der Waals surface area contributed by atoms with Crippen molar-refractivity contribution in [2.45, 2.75) is 26.2 Å². The molecule has 16 heavy (non-hydrogen) atoms. The van der Waals surface area contributed by atoms with Crippen LogP contribution in [0.3, 0.4) is 0 Å². The topological polar surface area (TPSA) is 54.0 Å². The van der Waals surface area contributed by atoms with E-state index in [2.05, 4.69) is 29.3 Å². The number of hydrogen-bond donors (Lipinski definition) is 2. The van der Waals surface area contributed by atoms with E-state index in [1.165, 1.54) is 0 Å². The molecule has 1 amide bonds. The van der Waals surface area contributed by atoms with Crippen LogP contribution in [0.25, 0.3) is 0 Å². The molecule has 0 aromatic carbocycles. The van der Waals surface area contributed by atoms with Crippen LogP contribution in [0.2, 0.25) is 0 Å². The zero-order valence-corrected chi connectivity index (χ0v) is 9.49. The molecular weight excluding hydrogens is 202 g/mol. The van der Waals surface area contributed by atoms with Crippen LogP contribution in [0.1, 0.15) is 36.5 Å². The molecule has 0 radical (unpaired) electrons. The number of hydrogen-bond acceptors (Lipinski definition) is 3. The second kappa shape index (κ2) is 6.61. The van der Waals surface area contributed by atoms with Crippen molar-refractivity contribution in [3.8, 4) is 0 Å². The lowest BCUT2D eigenvalue weighted by atomic mass is 10.2. The molecule has 0 fully saturated rings. The van der Waals surface area contributed by atoms with Crippen molar-refractivity contribution in [2.24, 2.45) is 0 Å². The van der Waals surface area contributed by atoms with Crippen LogP contribution in [0.4, 0.5) is 0 Å². The number of nitrogens with one attached hydrogen (secondary N) is 2. The molecule has 4 nitrogen and oxygen atoms in total. The van der Waals surface area contributed by atoms with E-state index in [0.29, 0.717) is 5.56 Å². The molecule has 0 saturated heterocycles. The minimum Gasteiger partial charge on any atom is -0.303 e. The summed E-state index contributed by atoms with van der Waals surface area (Å²) in [5.74, 6) is -0.181. The lowest BCUT2D eigenvalue weighted by molar-refractivity contribution is 0.0938. The van der Waals surface area contributed by atoms with E-state index >= 15 is 0 Å². The number of nitrogens with zero attached hydrogens (tertiary/aromatic N) is 1. The maximum atomic E-state index is 11.6. The summed E-state index contributed by atoms with van der Waals surface area (Å²) in [6.45, 7) is 5.93. The number of carbonyl (C=O) groups excluding carboxylic acids is 1. The van der Waals surface area contributed by atoms with Crippen LogP contribution >= 0.6 is 0 Å². The van der Waals surface area contributed by atoms with Gasteiger partial charge in [0.15, 0.2) is 0 Å². The average Bonchev–Trinajstić information content (AvgIpc) is 2.34. The van der Waals surface area contributed by atoms with Crippen LogP contribution in [-0.4, -0.2) is 10.9 Å². The third-order valence-corrected chi connectivity index (χ3v) is 2.13. The first-order valence-electron chi connectivity index (χ1n) is 5.38. The first kappa shape index (κ1) is 12.2. The third-order valence-electron chi connectivity index (χ3n) is 2.13. The highest BCUT2D eigenvalue weighted by atomic mass is 16.2. The molecule has 1 rings (SSSR count). The largest absolute Gasteiger partial charge is 0.303 e. The second-order valence-corrected chi connectivity index (χ2v) is 3.52. The summed E-state index contributed by atoms with van der Waals surface area (Å²) < 4.78 is 0. The number of amides is 1. The summed E-state index contributed by atoms with van der Waals surface area (Å²) in [7, 11) is 0. The van der Waals surface area contributed by atoms with Crippen molar-refractivity contribution in [2.75, 3.05) is 0 Å². The third kappa shape index (κ3) is 4.13. The highest BCUT2D eigenvalue weighted by Gasteiger charge is 2.03. The predicted octanol–water partition coefficient (Wildman–Crippen LogP) is 2.02. The van der Waals surface area contributed by atoms with E-state index in [1.807, 2.05) is 0 Å². The smallest absolute Gasteiger partial charge is 0.269 e. The monoisotopic (exact) mass is 219 g/mol. The first-order valence-corrected chi connectivity index (χ1v) is 5.38. The minimum absolute atomic E-state index is 0.181. The summed E-state index contributed by atoms with van der Waals surface area (Å²) >= 11 is 0. The average molecular weight is 219 g/mol.